The summed E-state index contributed by atoms with van der Waals surface area (Å²) in [7, 11) is 0. The van der Waals surface area contributed by atoms with E-state index in [2.05, 4.69) is 21.9 Å². The van der Waals surface area contributed by atoms with Gasteiger partial charge < -0.3 is 15.4 Å². The van der Waals surface area contributed by atoms with Crippen LogP contribution in [0.15, 0.2) is 18.2 Å². The minimum atomic E-state index is 0.657. The molecule has 0 aliphatic carbocycles. The highest BCUT2D eigenvalue weighted by atomic mass is 16.5. The molecule has 0 spiro atoms. The molecule has 110 valence electrons. The first kappa shape index (κ1) is 13.6. The summed E-state index contributed by atoms with van der Waals surface area (Å²) >= 11 is 0. The Kier molecular flexibility index (Phi) is 4.01. The maximum atomic E-state index is 5.95. The molecule has 2 heterocycles. The summed E-state index contributed by atoms with van der Waals surface area (Å²) < 4.78 is 5.60. The van der Waals surface area contributed by atoms with Gasteiger partial charge in [0.1, 0.15) is 5.75 Å². The molecule has 1 aromatic carbocycles. The summed E-state index contributed by atoms with van der Waals surface area (Å²) in [6.45, 7) is 7.48. The van der Waals surface area contributed by atoms with Gasteiger partial charge in [-0.3, -0.25) is 4.90 Å². The van der Waals surface area contributed by atoms with Crippen molar-refractivity contribution >= 4 is 11.4 Å². The van der Waals surface area contributed by atoms with Crippen LogP contribution in [0, 0.1) is 0 Å². The molecule has 0 amide bonds. The Bertz CT molecular complexity index is 457. The lowest BCUT2D eigenvalue weighted by atomic mass is 10.2. The lowest BCUT2D eigenvalue weighted by Crippen LogP contribution is -2.35. The largest absolute Gasteiger partial charge is 0.492 e. The van der Waals surface area contributed by atoms with Gasteiger partial charge in [0, 0.05) is 30.9 Å². The van der Waals surface area contributed by atoms with E-state index in [9.17, 15) is 0 Å². The van der Waals surface area contributed by atoms with Crippen molar-refractivity contribution in [3.8, 4) is 5.75 Å². The molecule has 20 heavy (non-hydrogen) atoms. The summed E-state index contributed by atoms with van der Waals surface area (Å²) in [5, 5.41) is 0. The Morgan fingerprint density at radius 1 is 1.25 bits per heavy atom. The summed E-state index contributed by atoms with van der Waals surface area (Å²) in [5.74, 6) is 0.814. The number of ether oxygens (including phenoxy) is 1. The molecule has 4 heteroatoms. The van der Waals surface area contributed by atoms with Gasteiger partial charge in [-0.05, 0) is 51.4 Å². The third-order valence-electron chi connectivity index (χ3n) is 4.48. The minimum absolute atomic E-state index is 0.657. The molecule has 1 unspecified atom stereocenters. The van der Waals surface area contributed by atoms with Crippen molar-refractivity contribution in [2.75, 3.05) is 43.4 Å². The molecule has 2 N–H and O–H groups in total. The number of nitrogen functional groups attached to an aromatic ring is 1. The second-order valence-electron chi connectivity index (χ2n) is 5.79. The molecule has 4 nitrogen and oxygen atoms in total. The van der Waals surface area contributed by atoms with Crippen molar-refractivity contribution in [3.63, 3.8) is 0 Å². The molecule has 0 saturated carbocycles. The highest BCUT2D eigenvalue weighted by molar-refractivity contribution is 5.62. The lowest BCUT2D eigenvalue weighted by Gasteiger charge is -2.24. The monoisotopic (exact) mass is 275 g/mol. The van der Waals surface area contributed by atoms with Crippen LogP contribution in [-0.2, 0) is 0 Å². The highest BCUT2D eigenvalue weighted by Gasteiger charge is 2.29. The minimum Gasteiger partial charge on any atom is -0.492 e. The van der Waals surface area contributed by atoms with Crippen LogP contribution in [0.3, 0.4) is 0 Å². The quantitative estimate of drug-likeness (QED) is 0.856. The number of likely N-dealkylation sites (tertiary alicyclic amines) is 1. The molecule has 2 saturated heterocycles. The average molecular weight is 275 g/mol. The first-order valence-corrected chi connectivity index (χ1v) is 7.79. The predicted molar refractivity (Wildman–Crippen MR) is 83.4 cm³/mol. The number of benzene rings is 1. The number of nitrogens with zero attached hydrogens (tertiary/aromatic N) is 2. The Balaban J connectivity index is 1.69. The predicted octanol–water partition coefficient (Wildman–Crippen LogP) is 2.34. The van der Waals surface area contributed by atoms with Crippen molar-refractivity contribution in [1.29, 1.82) is 0 Å². The van der Waals surface area contributed by atoms with Gasteiger partial charge in [0.25, 0.3) is 0 Å². The van der Waals surface area contributed by atoms with Crippen LogP contribution in [-0.4, -0.2) is 43.7 Å². The van der Waals surface area contributed by atoms with Gasteiger partial charge in [-0.1, -0.05) is 0 Å². The molecular formula is C16H25N3O. The van der Waals surface area contributed by atoms with Crippen LogP contribution in [0.1, 0.15) is 26.2 Å². The average Bonchev–Trinajstić information content (AvgIpc) is 3.11. The van der Waals surface area contributed by atoms with Crippen molar-refractivity contribution in [2.45, 2.75) is 32.2 Å². The SMILES string of the molecule is CCOc1cc(N2CCC(N3CCCC3)C2)ccc1N. The molecule has 1 aromatic rings. The zero-order valence-corrected chi connectivity index (χ0v) is 12.3. The van der Waals surface area contributed by atoms with Gasteiger partial charge in [0.15, 0.2) is 0 Å². The number of nitrogens with two attached hydrogens (primary N) is 1. The smallest absolute Gasteiger partial charge is 0.144 e. The number of rotatable bonds is 4. The van der Waals surface area contributed by atoms with Gasteiger partial charge in [0.05, 0.1) is 12.3 Å². The standard InChI is InChI=1S/C16H25N3O/c1-2-20-16-11-13(5-6-15(16)17)19-10-7-14(12-19)18-8-3-4-9-18/h5-6,11,14H,2-4,7-10,12,17H2,1H3. The summed E-state index contributed by atoms with van der Waals surface area (Å²) in [6.07, 6.45) is 4.01. The van der Waals surface area contributed by atoms with Crippen LogP contribution >= 0.6 is 0 Å². The van der Waals surface area contributed by atoms with Crippen molar-refractivity contribution in [2.24, 2.45) is 0 Å². The number of hydrogen-bond donors (Lipinski definition) is 1. The maximum Gasteiger partial charge on any atom is 0.144 e. The Hall–Kier alpha value is -1.42. The van der Waals surface area contributed by atoms with Gasteiger partial charge in [-0.15, -0.1) is 0 Å². The first-order chi connectivity index (χ1) is 9.78. The van der Waals surface area contributed by atoms with E-state index < -0.39 is 0 Å². The van der Waals surface area contributed by atoms with Crippen LogP contribution in [0.2, 0.25) is 0 Å². The number of hydrogen-bond acceptors (Lipinski definition) is 4. The van der Waals surface area contributed by atoms with Crippen LogP contribution in [0.25, 0.3) is 0 Å². The van der Waals surface area contributed by atoms with Crippen LogP contribution < -0.4 is 15.4 Å². The summed E-state index contributed by atoms with van der Waals surface area (Å²) in [4.78, 5) is 5.12. The fraction of sp³-hybridized carbons (Fsp3) is 0.625. The van der Waals surface area contributed by atoms with Gasteiger partial charge in [0.2, 0.25) is 0 Å². The summed E-state index contributed by atoms with van der Waals surface area (Å²) in [5.41, 5.74) is 7.92. The third kappa shape index (κ3) is 2.70. The van der Waals surface area contributed by atoms with E-state index >= 15 is 0 Å². The van der Waals surface area contributed by atoms with E-state index in [-0.39, 0.29) is 0 Å². The Labute approximate surface area is 121 Å². The molecule has 0 bridgehead atoms. The van der Waals surface area contributed by atoms with E-state index in [1.165, 1.54) is 38.0 Å². The number of anilines is 2. The van der Waals surface area contributed by atoms with Crippen molar-refractivity contribution < 1.29 is 4.74 Å². The first-order valence-electron chi connectivity index (χ1n) is 7.79. The second-order valence-corrected chi connectivity index (χ2v) is 5.79. The van der Waals surface area contributed by atoms with E-state index in [1.54, 1.807) is 0 Å². The highest BCUT2D eigenvalue weighted by Crippen LogP contribution is 2.31. The molecule has 1 atom stereocenters. The molecule has 2 aliphatic rings. The molecule has 0 aromatic heterocycles. The van der Waals surface area contributed by atoms with Gasteiger partial charge >= 0.3 is 0 Å². The zero-order valence-electron chi connectivity index (χ0n) is 12.3. The van der Waals surface area contributed by atoms with Crippen LogP contribution in [0.4, 0.5) is 11.4 Å². The molecule has 2 aliphatic heterocycles. The van der Waals surface area contributed by atoms with E-state index in [0.29, 0.717) is 6.61 Å². The Morgan fingerprint density at radius 2 is 2.05 bits per heavy atom. The lowest BCUT2D eigenvalue weighted by molar-refractivity contribution is 0.260. The fourth-order valence-corrected chi connectivity index (χ4v) is 3.38. The fourth-order valence-electron chi connectivity index (χ4n) is 3.38. The molecule has 0 radical (unpaired) electrons. The van der Waals surface area contributed by atoms with Gasteiger partial charge in [-0.2, -0.15) is 0 Å². The van der Waals surface area contributed by atoms with E-state index in [0.717, 1.165) is 30.6 Å². The van der Waals surface area contributed by atoms with E-state index in [1.807, 2.05) is 13.0 Å². The maximum absolute atomic E-state index is 5.95. The van der Waals surface area contributed by atoms with Crippen LogP contribution in [0.5, 0.6) is 5.75 Å². The Morgan fingerprint density at radius 3 is 2.80 bits per heavy atom. The molecular weight excluding hydrogens is 250 g/mol. The second kappa shape index (κ2) is 5.92. The van der Waals surface area contributed by atoms with Gasteiger partial charge in [-0.25, -0.2) is 0 Å². The third-order valence-corrected chi connectivity index (χ3v) is 4.48. The summed E-state index contributed by atoms with van der Waals surface area (Å²) in [6, 6.07) is 6.89. The molecule has 3 rings (SSSR count). The topological polar surface area (TPSA) is 41.7 Å². The van der Waals surface area contributed by atoms with E-state index in [4.69, 9.17) is 10.5 Å². The molecule has 2 fully saturated rings. The van der Waals surface area contributed by atoms with Crippen molar-refractivity contribution in [3.05, 3.63) is 18.2 Å². The van der Waals surface area contributed by atoms with Crippen molar-refractivity contribution in [1.82, 2.24) is 4.90 Å². The normalized spacial score (nSPS) is 23.4. The zero-order chi connectivity index (χ0) is 13.9.